The van der Waals surface area contributed by atoms with Crippen molar-refractivity contribution in [2.45, 2.75) is 25.5 Å². The van der Waals surface area contributed by atoms with Gasteiger partial charge < -0.3 is 15.3 Å². The second-order valence-corrected chi connectivity index (χ2v) is 5.97. The Balaban J connectivity index is 1.40. The Bertz CT molecular complexity index is 695. The van der Waals surface area contributed by atoms with Crippen molar-refractivity contribution in [2.75, 3.05) is 19.6 Å². The number of halogens is 1. The van der Waals surface area contributed by atoms with Gasteiger partial charge in [0.05, 0.1) is 18.3 Å². The first-order valence-electron chi connectivity index (χ1n) is 7.90. The third kappa shape index (κ3) is 3.70. The molecular weight excluding hydrogens is 313 g/mol. The summed E-state index contributed by atoms with van der Waals surface area (Å²) < 4.78 is 14.5. The Kier molecular flexibility index (Phi) is 4.75. The molecule has 0 spiro atoms. The van der Waals surface area contributed by atoms with Gasteiger partial charge in [0.15, 0.2) is 0 Å². The number of nitrogens with one attached hydrogen (secondary N) is 1. The van der Waals surface area contributed by atoms with Crippen molar-refractivity contribution in [3.63, 3.8) is 0 Å². The molecule has 1 aliphatic heterocycles. The number of urea groups is 1. The van der Waals surface area contributed by atoms with Gasteiger partial charge in [-0.15, -0.1) is 5.10 Å². The van der Waals surface area contributed by atoms with Gasteiger partial charge in [-0.1, -0.05) is 17.3 Å². The van der Waals surface area contributed by atoms with E-state index in [-0.39, 0.29) is 17.9 Å². The molecule has 2 aromatic rings. The minimum Gasteiger partial charge on any atom is -0.387 e. The number of carbonyl (C=O) groups excluding carboxylic acids is 1. The lowest BCUT2D eigenvalue weighted by atomic mass is 10.1. The van der Waals surface area contributed by atoms with Gasteiger partial charge in [-0.25, -0.2) is 13.9 Å². The van der Waals surface area contributed by atoms with Gasteiger partial charge in [-0.05, 0) is 31.0 Å². The standard InChI is InChI=1S/C16H20FN5O2/c1-11(23)15-10-22(20-19-15)14-8-21(9-14)16(24)18-7-6-12-2-4-13(17)5-3-12/h2-5,10-11,14,23H,6-9H2,1H3,(H,18,24)/t11-/m0/s1. The predicted octanol–water partition coefficient (Wildman–Crippen LogP) is 1.28. The van der Waals surface area contributed by atoms with Crippen molar-refractivity contribution in [2.24, 2.45) is 0 Å². The van der Waals surface area contributed by atoms with Crippen LogP contribution in [0.3, 0.4) is 0 Å². The lowest BCUT2D eigenvalue weighted by Gasteiger charge is -2.38. The van der Waals surface area contributed by atoms with Crippen LogP contribution in [0.25, 0.3) is 0 Å². The number of amides is 2. The van der Waals surface area contributed by atoms with Crippen molar-refractivity contribution in [3.05, 3.63) is 47.5 Å². The number of aliphatic hydroxyl groups excluding tert-OH is 1. The normalized spacial score (nSPS) is 15.9. The molecule has 128 valence electrons. The molecule has 0 radical (unpaired) electrons. The van der Waals surface area contributed by atoms with E-state index in [1.54, 1.807) is 34.8 Å². The third-order valence-corrected chi connectivity index (χ3v) is 4.08. The number of hydrogen-bond acceptors (Lipinski definition) is 4. The van der Waals surface area contributed by atoms with Crippen molar-refractivity contribution in [3.8, 4) is 0 Å². The molecule has 0 aliphatic carbocycles. The van der Waals surface area contributed by atoms with E-state index >= 15 is 0 Å². The molecule has 1 aromatic carbocycles. The second-order valence-electron chi connectivity index (χ2n) is 5.97. The molecule has 0 bridgehead atoms. The van der Waals surface area contributed by atoms with E-state index in [9.17, 15) is 14.3 Å². The highest BCUT2D eigenvalue weighted by atomic mass is 19.1. The van der Waals surface area contributed by atoms with Crippen LogP contribution in [-0.4, -0.2) is 50.7 Å². The van der Waals surface area contributed by atoms with Gasteiger partial charge in [0.25, 0.3) is 0 Å². The number of rotatable bonds is 5. The van der Waals surface area contributed by atoms with E-state index in [2.05, 4.69) is 15.6 Å². The average molecular weight is 333 g/mol. The summed E-state index contributed by atoms with van der Waals surface area (Å²) in [6.45, 7) is 3.26. The molecule has 3 rings (SSSR count). The monoisotopic (exact) mass is 333 g/mol. The summed E-state index contributed by atoms with van der Waals surface area (Å²) in [6.07, 6.45) is 1.72. The molecule has 24 heavy (non-hydrogen) atoms. The molecule has 1 aromatic heterocycles. The molecule has 8 heteroatoms. The number of likely N-dealkylation sites (tertiary alicyclic amines) is 1. The number of benzene rings is 1. The highest BCUT2D eigenvalue weighted by Crippen LogP contribution is 2.21. The minimum atomic E-state index is -0.648. The summed E-state index contributed by atoms with van der Waals surface area (Å²) in [4.78, 5) is 13.7. The molecular formula is C16H20FN5O2. The summed E-state index contributed by atoms with van der Waals surface area (Å²) in [5.41, 5.74) is 1.50. The quantitative estimate of drug-likeness (QED) is 0.863. The molecule has 0 saturated carbocycles. The van der Waals surface area contributed by atoms with Gasteiger partial charge in [0.2, 0.25) is 0 Å². The summed E-state index contributed by atoms with van der Waals surface area (Å²) in [6, 6.07) is 6.22. The van der Waals surface area contributed by atoms with E-state index in [1.807, 2.05) is 0 Å². The Morgan fingerprint density at radius 3 is 2.75 bits per heavy atom. The van der Waals surface area contributed by atoms with E-state index in [0.717, 1.165) is 5.56 Å². The van der Waals surface area contributed by atoms with Crippen LogP contribution in [0.1, 0.15) is 30.3 Å². The van der Waals surface area contributed by atoms with Gasteiger partial charge in [-0.2, -0.15) is 0 Å². The number of nitrogens with zero attached hydrogens (tertiary/aromatic N) is 4. The SMILES string of the molecule is C[C@H](O)c1cn(C2CN(C(=O)NCCc3ccc(F)cc3)C2)nn1. The second kappa shape index (κ2) is 6.96. The van der Waals surface area contributed by atoms with Crippen molar-refractivity contribution >= 4 is 6.03 Å². The van der Waals surface area contributed by atoms with Crippen molar-refractivity contribution in [1.29, 1.82) is 0 Å². The van der Waals surface area contributed by atoms with Crippen LogP contribution < -0.4 is 5.32 Å². The smallest absolute Gasteiger partial charge is 0.317 e. The maximum absolute atomic E-state index is 12.8. The van der Waals surface area contributed by atoms with Crippen LogP contribution in [0.4, 0.5) is 9.18 Å². The van der Waals surface area contributed by atoms with Crippen molar-refractivity contribution in [1.82, 2.24) is 25.2 Å². The molecule has 7 nitrogen and oxygen atoms in total. The third-order valence-electron chi connectivity index (χ3n) is 4.08. The predicted molar refractivity (Wildman–Crippen MR) is 84.8 cm³/mol. The fourth-order valence-electron chi connectivity index (χ4n) is 2.53. The maximum atomic E-state index is 12.8. The highest BCUT2D eigenvalue weighted by molar-refractivity contribution is 5.75. The van der Waals surface area contributed by atoms with E-state index in [0.29, 0.717) is 31.7 Å². The summed E-state index contributed by atoms with van der Waals surface area (Å²) in [7, 11) is 0. The summed E-state index contributed by atoms with van der Waals surface area (Å²) in [5, 5.41) is 20.2. The largest absolute Gasteiger partial charge is 0.387 e. The van der Waals surface area contributed by atoms with E-state index in [1.165, 1.54) is 12.1 Å². The Labute approximate surface area is 139 Å². The maximum Gasteiger partial charge on any atom is 0.317 e. The molecule has 1 fully saturated rings. The fourth-order valence-corrected chi connectivity index (χ4v) is 2.53. The molecule has 1 atom stereocenters. The number of carbonyl (C=O) groups is 1. The lowest BCUT2D eigenvalue weighted by Crippen LogP contribution is -2.54. The Morgan fingerprint density at radius 1 is 1.42 bits per heavy atom. The lowest BCUT2D eigenvalue weighted by molar-refractivity contribution is 0.117. The minimum absolute atomic E-state index is 0.0906. The van der Waals surface area contributed by atoms with E-state index in [4.69, 9.17) is 0 Å². The first kappa shape index (κ1) is 16.4. The first-order valence-corrected chi connectivity index (χ1v) is 7.90. The van der Waals surface area contributed by atoms with Gasteiger partial charge >= 0.3 is 6.03 Å². The average Bonchev–Trinajstić information content (AvgIpc) is 2.97. The molecule has 0 unspecified atom stereocenters. The molecule has 2 amide bonds. The zero-order valence-electron chi connectivity index (χ0n) is 13.4. The molecule has 2 heterocycles. The van der Waals surface area contributed by atoms with Crippen LogP contribution in [0.5, 0.6) is 0 Å². The summed E-state index contributed by atoms with van der Waals surface area (Å²) in [5.74, 6) is -0.263. The number of aromatic nitrogens is 3. The Hall–Kier alpha value is -2.48. The summed E-state index contributed by atoms with van der Waals surface area (Å²) >= 11 is 0. The van der Waals surface area contributed by atoms with Crippen LogP contribution in [0.15, 0.2) is 30.5 Å². The highest BCUT2D eigenvalue weighted by Gasteiger charge is 2.32. The van der Waals surface area contributed by atoms with Gasteiger partial charge in [0, 0.05) is 19.6 Å². The van der Waals surface area contributed by atoms with Crippen LogP contribution in [0.2, 0.25) is 0 Å². The zero-order valence-corrected chi connectivity index (χ0v) is 13.4. The van der Waals surface area contributed by atoms with Gasteiger partial charge in [0.1, 0.15) is 11.5 Å². The van der Waals surface area contributed by atoms with Crippen LogP contribution in [0, 0.1) is 5.82 Å². The van der Waals surface area contributed by atoms with Crippen molar-refractivity contribution < 1.29 is 14.3 Å². The topological polar surface area (TPSA) is 83.3 Å². The molecule has 2 N–H and O–H groups in total. The first-order chi connectivity index (χ1) is 11.5. The number of hydrogen-bond donors (Lipinski definition) is 2. The molecule has 1 aliphatic rings. The Morgan fingerprint density at radius 2 is 2.12 bits per heavy atom. The fraction of sp³-hybridized carbons (Fsp3) is 0.438. The van der Waals surface area contributed by atoms with Gasteiger partial charge in [-0.3, -0.25) is 0 Å². The van der Waals surface area contributed by atoms with E-state index < -0.39 is 6.10 Å². The van der Waals surface area contributed by atoms with Crippen LogP contribution in [-0.2, 0) is 6.42 Å². The zero-order chi connectivity index (χ0) is 17.1. The molecule has 1 saturated heterocycles. The van der Waals surface area contributed by atoms with Crippen LogP contribution >= 0.6 is 0 Å². The number of aliphatic hydroxyl groups is 1.